The van der Waals surface area contributed by atoms with Gasteiger partial charge in [-0.25, -0.2) is 0 Å². The van der Waals surface area contributed by atoms with Gasteiger partial charge in [-0.3, -0.25) is 4.79 Å². The van der Waals surface area contributed by atoms with E-state index >= 15 is 0 Å². The number of amides is 1. The van der Waals surface area contributed by atoms with Crippen molar-refractivity contribution in [3.63, 3.8) is 0 Å². The fourth-order valence-electron chi connectivity index (χ4n) is 1.78. The molecule has 1 aromatic carbocycles. The van der Waals surface area contributed by atoms with Crippen molar-refractivity contribution in [2.45, 2.75) is 39.0 Å². The minimum Gasteiger partial charge on any atom is -0.492 e. The van der Waals surface area contributed by atoms with E-state index in [2.05, 4.69) is 32.7 Å². The quantitative estimate of drug-likeness (QED) is 0.608. The molecule has 0 saturated carbocycles. The van der Waals surface area contributed by atoms with Gasteiger partial charge in [0.1, 0.15) is 5.75 Å². The van der Waals surface area contributed by atoms with Crippen LogP contribution in [0.1, 0.15) is 39.2 Å². The standard InChI is InChI=1S/C17H24ClNO2/c1-5-16(20)19-10-6-7-11-21-15-9-8-13(12-14(15)18)17(2,3)4/h5,8-9,12H,1,6-7,10-11H2,2-4H3,(H,19,20). The van der Waals surface area contributed by atoms with Crippen molar-refractivity contribution in [3.8, 4) is 5.75 Å². The van der Waals surface area contributed by atoms with Crippen LogP contribution < -0.4 is 10.1 Å². The van der Waals surface area contributed by atoms with E-state index in [4.69, 9.17) is 16.3 Å². The first-order chi connectivity index (χ1) is 9.84. The number of benzene rings is 1. The van der Waals surface area contributed by atoms with Crippen LogP contribution in [0.25, 0.3) is 0 Å². The molecule has 0 heterocycles. The van der Waals surface area contributed by atoms with Gasteiger partial charge in [0.15, 0.2) is 0 Å². The molecule has 0 atom stereocenters. The summed E-state index contributed by atoms with van der Waals surface area (Å²) >= 11 is 6.24. The number of unbranched alkanes of at least 4 members (excludes halogenated alkanes) is 1. The third-order valence-corrected chi connectivity index (χ3v) is 3.41. The predicted molar refractivity (Wildman–Crippen MR) is 88.1 cm³/mol. The normalized spacial score (nSPS) is 11.0. The van der Waals surface area contributed by atoms with Gasteiger partial charge >= 0.3 is 0 Å². The highest BCUT2D eigenvalue weighted by Crippen LogP contribution is 2.31. The zero-order valence-electron chi connectivity index (χ0n) is 13.0. The summed E-state index contributed by atoms with van der Waals surface area (Å²) in [6.07, 6.45) is 2.99. The number of hydrogen-bond donors (Lipinski definition) is 1. The van der Waals surface area contributed by atoms with Crippen molar-refractivity contribution in [2.24, 2.45) is 0 Å². The van der Waals surface area contributed by atoms with Crippen molar-refractivity contribution < 1.29 is 9.53 Å². The van der Waals surface area contributed by atoms with Crippen molar-refractivity contribution in [2.75, 3.05) is 13.2 Å². The number of halogens is 1. The Morgan fingerprint density at radius 1 is 1.38 bits per heavy atom. The van der Waals surface area contributed by atoms with Crippen LogP contribution in [0.2, 0.25) is 5.02 Å². The predicted octanol–water partition coefficient (Wildman–Crippen LogP) is 4.10. The Bertz CT molecular complexity index is 492. The summed E-state index contributed by atoms with van der Waals surface area (Å²) < 4.78 is 5.67. The lowest BCUT2D eigenvalue weighted by atomic mass is 9.87. The Labute approximate surface area is 132 Å². The first kappa shape index (κ1) is 17.6. The molecule has 0 spiro atoms. The number of nitrogens with one attached hydrogen (secondary N) is 1. The summed E-state index contributed by atoms with van der Waals surface area (Å²) in [5.41, 5.74) is 1.26. The highest BCUT2D eigenvalue weighted by molar-refractivity contribution is 6.32. The number of hydrogen-bond acceptors (Lipinski definition) is 2. The van der Waals surface area contributed by atoms with E-state index in [0.29, 0.717) is 23.9 Å². The monoisotopic (exact) mass is 309 g/mol. The summed E-state index contributed by atoms with van der Waals surface area (Å²) in [5, 5.41) is 3.37. The molecule has 0 bridgehead atoms. The van der Waals surface area contributed by atoms with Gasteiger partial charge in [-0.05, 0) is 42.0 Å². The fraction of sp³-hybridized carbons (Fsp3) is 0.471. The molecule has 0 fully saturated rings. The minimum absolute atomic E-state index is 0.0749. The van der Waals surface area contributed by atoms with Crippen molar-refractivity contribution >= 4 is 17.5 Å². The van der Waals surface area contributed by atoms with Gasteiger partial charge in [0, 0.05) is 6.54 Å². The van der Waals surface area contributed by atoms with Gasteiger partial charge in [0.05, 0.1) is 11.6 Å². The Morgan fingerprint density at radius 2 is 2.10 bits per heavy atom. The highest BCUT2D eigenvalue weighted by Gasteiger charge is 2.15. The first-order valence-electron chi connectivity index (χ1n) is 7.17. The number of ether oxygens (including phenoxy) is 1. The van der Waals surface area contributed by atoms with Crippen LogP contribution in [0, 0.1) is 0 Å². The molecule has 4 heteroatoms. The van der Waals surface area contributed by atoms with Gasteiger partial charge in [-0.1, -0.05) is 45.0 Å². The minimum atomic E-state index is -0.142. The lowest BCUT2D eigenvalue weighted by molar-refractivity contribution is -0.116. The largest absolute Gasteiger partial charge is 0.492 e. The third-order valence-electron chi connectivity index (χ3n) is 3.11. The average Bonchev–Trinajstić information content (AvgIpc) is 2.42. The smallest absolute Gasteiger partial charge is 0.243 e. The molecule has 1 amide bonds. The van der Waals surface area contributed by atoms with Gasteiger partial charge in [0.25, 0.3) is 0 Å². The second-order valence-corrected chi connectivity index (χ2v) is 6.35. The molecule has 3 nitrogen and oxygen atoms in total. The molecule has 0 saturated heterocycles. The summed E-state index contributed by atoms with van der Waals surface area (Å²) in [4.78, 5) is 10.9. The Hall–Kier alpha value is -1.48. The summed E-state index contributed by atoms with van der Waals surface area (Å²) in [5.74, 6) is 0.566. The number of carbonyl (C=O) groups excluding carboxylic acids is 1. The molecular weight excluding hydrogens is 286 g/mol. The van der Waals surface area contributed by atoms with E-state index in [1.165, 1.54) is 11.6 Å². The molecule has 0 unspecified atom stereocenters. The van der Waals surface area contributed by atoms with Crippen LogP contribution >= 0.6 is 11.6 Å². The topological polar surface area (TPSA) is 38.3 Å². The van der Waals surface area contributed by atoms with E-state index in [0.717, 1.165) is 12.8 Å². The SMILES string of the molecule is C=CC(=O)NCCCCOc1ccc(C(C)(C)C)cc1Cl. The summed E-state index contributed by atoms with van der Waals surface area (Å²) in [6.45, 7) is 11.1. The maximum absolute atomic E-state index is 10.9. The molecule has 0 radical (unpaired) electrons. The molecule has 0 aliphatic rings. The van der Waals surface area contributed by atoms with Crippen molar-refractivity contribution in [1.82, 2.24) is 5.32 Å². The van der Waals surface area contributed by atoms with Gasteiger partial charge in [-0.15, -0.1) is 0 Å². The van der Waals surface area contributed by atoms with Gasteiger partial charge in [-0.2, -0.15) is 0 Å². The number of carbonyl (C=O) groups is 1. The lowest BCUT2D eigenvalue weighted by Crippen LogP contribution is -2.22. The molecule has 0 aromatic heterocycles. The van der Waals surface area contributed by atoms with E-state index in [9.17, 15) is 4.79 Å². The van der Waals surface area contributed by atoms with E-state index in [1.807, 2.05) is 18.2 Å². The molecule has 21 heavy (non-hydrogen) atoms. The van der Waals surface area contributed by atoms with Crippen LogP contribution in [0.4, 0.5) is 0 Å². The molecule has 0 aliphatic heterocycles. The second-order valence-electron chi connectivity index (χ2n) is 5.95. The van der Waals surface area contributed by atoms with E-state index < -0.39 is 0 Å². The number of rotatable bonds is 7. The summed E-state index contributed by atoms with van der Waals surface area (Å²) in [7, 11) is 0. The van der Waals surface area contributed by atoms with Crippen LogP contribution in [-0.4, -0.2) is 19.1 Å². The summed E-state index contributed by atoms with van der Waals surface area (Å²) in [6, 6.07) is 5.93. The Morgan fingerprint density at radius 3 is 2.67 bits per heavy atom. The average molecular weight is 310 g/mol. The van der Waals surface area contributed by atoms with Gasteiger partial charge < -0.3 is 10.1 Å². The fourth-order valence-corrected chi connectivity index (χ4v) is 2.01. The maximum Gasteiger partial charge on any atom is 0.243 e. The molecule has 116 valence electrons. The molecule has 1 aromatic rings. The Balaban J connectivity index is 2.36. The zero-order chi connectivity index (χ0) is 15.9. The maximum atomic E-state index is 10.9. The second kappa shape index (κ2) is 8.08. The lowest BCUT2D eigenvalue weighted by Gasteiger charge is -2.20. The molecule has 1 N–H and O–H groups in total. The van der Waals surface area contributed by atoms with Crippen LogP contribution in [0.15, 0.2) is 30.9 Å². The molecule has 1 rings (SSSR count). The van der Waals surface area contributed by atoms with Crippen molar-refractivity contribution in [1.29, 1.82) is 0 Å². The van der Waals surface area contributed by atoms with Gasteiger partial charge in [0.2, 0.25) is 5.91 Å². The van der Waals surface area contributed by atoms with Crippen LogP contribution in [0.3, 0.4) is 0 Å². The van der Waals surface area contributed by atoms with E-state index in [-0.39, 0.29) is 11.3 Å². The van der Waals surface area contributed by atoms with Crippen LogP contribution in [0.5, 0.6) is 5.75 Å². The highest BCUT2D eigenvalue weighted by atomic mass is 35.5. The molecular formula is C17H24ClNO2. The molecule has 0 aliphatic carbocycles. The zero-order valence-corrected chi connectivity index (χ0v) is 13.8. The first-order valence-corrected chi connectivity index (χ1v) is 7.55. The van der Waals surface area contributed by atoms with Crippen LogP contribution in [-0.2, 0) is 10.2 Å². The third kappa shape index (κ3) is 6.21. The Kier molecular flexibility index (Phi) is 6.76. The van der Waals surface area contributed by atoms with Crippen molar-refractivity contribution in [3.05, 3.63) is 41.4 Å². The van der Waals surface area contributed by atoms with E-state index in [1.54, 1.807) is 0 Å².